The fraction of sp³-hybridized carbons (Fsp3) is 0.538. The van der Waals surface area contributed by atoms with Crippen LogP contribution in [0.15, 0.2) is 32.0 Å². The predicted molar refractivity (Wildman–Crippen MR) is 83.6 cm³/mol. The van der Waals surface area contributed by atoms with E-state index in [-0.39, 0.29) is 0 Å². The molecular formula is C13H17Br2NO2S. The largest absolute Gasteiger partial charge is 0.243 e. The summed E-state index contributed by atoms with van der Waals surface area (Å²) in [5.41, 5.74) is 0. The molecule has 1 saturated carbocycles. The Bertz CT molecular complexity index is 554. The van der Waals surface area contributed by atoms with E-state index in [1.807, 2.05) is 0 Å². The van der Waals surface area contributed by atoms with Crippen molar-refractivity contribution in [1.29, 1.82) is 0 Å². The van der Waals surface area contributed by atoms with Crippen molar-refractivity contribution in [2.45, 2.75) is 30.6 Å². The zero-order chi connectivity index (χ0) is 14.0. The lowest BCUT2D eigenvalue weighted by Gasteiger charge is -2.21. The molecule has 0 heterocycles. The van der Waals surface area contributed by atoms with Crippen LogP contribution in [0.3, 0.4) is 0 Å². The molecule has 1 aromatic carbocycles. The molecule has 0 bridgehead atoms. The Labute approximate surface area is 131 Å². The molecule has 1 aliphatic carbocycles. The van der Waals surface area contributed by atoms with E-state index in [0.717, 1.165) is 17.3 Å². The van der Waals surface area contributed by atoms with E-state index in [0.29, 0.717) is 21.8 Å². The minimum atomic E-state index is -3.41. The molecule has 1 fully saturated rings. The summed E-state index contributed by atoms with van der Waals surface area (Å²) >= 11 is 6.66. The van der Waals surface area contributed by atoms with Crippen LogP contribution < -0.4 is 0 Å². The molecular weight excluding hydrogens is 394 g/mol. The summed E-state index contributed by atoms with van der Waals surface area (Å²) in [5, 5.41) is 0. The topological polar surface area (TPSA) is 37.4 Å². The highest BCUT2D eigenvalue weighted by molar-refractivity contribution is 9.11. The van der Waals surface area contributed by atoms with Gasteiger partial charge >= 0.3 is 0 Å². The van der Waals surface area contributed by atoms with Gasteiger partial charge in [0.15, 0.2) is 0 Å². The van der Waals surface area contributed by atoms with Crippen LogP contribution in [0.1, 0.15) is 25.7 Å². The number of hydrogen-bond acceptors (Lipinski definition) is 2. The molecule has 0 spiro atoms. The van der Waals surface area contributed by atoms with E-state index in [2.05, 4.69) is 31.9 Å². The predicted octanol–water partition coefficient (Wildman–Crippen LogP) is 4.02. The Balaban J connectivity index is 2.20. The standard InChI is InChI=1S/C13H17Br2NO2S/c1-16(9-10-4-2-3-5-10)19(17,18)13-7-6-11(14)8-12(13)15/h6-8,10H,2-5,9H2,1H3. The number of halogens is 2. The van der Waals surface area contributed by atoms with E-state index in [1.165, 1.54) is 17.1 Å². The lowest BCUT2D eigenvalue weighted by atomic mass is 10.1. The second-order valence-electron chi connectivity index (χ2n) is 5.01. The molecule has 3 nitrogen and oxygen atoms in total. The van der Waals surface area contributed by atoms with Gasteiger partial charge in [-0.05, 0) is 52.9 Å². The Hall–Kier alpha value is 0.0900. The average Bonchev–Trinajstić information content (AvgIpc) is 2.81. The maximum absolute atomic E-state index is 12.5. The van der Waals surface area contributed by atoms with Crippen LogP contribution in [0.5, 0.6) is 0 Å². The van der Waals surface area contributed by atoms with Gasteiger partial charge in [0.2, 0.25) is 10.0 Å². The highest BCUT2D eigenvalue weighted by Gasteiger charge is 2.27. The lowest BCUT2D eigenvalue weighted by Crippen LogP contribution is -2.31. The van der Waals surface area contributed by atoms with Crippen molar-refractivity contribution in [3.05, 3.63) is 27.1 Å². The third-order valence-corrected chi connectivity index (χ3v) is 6.87. The fourth-order valence-corrected chi connectivity index (χ4v) is 5.46. The van der Waals surface area contributed by atoms with Gasteiger partial charge in [0, 0.05) is 22.5 Å². The highest BCUT2D eigenvalue weighted by Crippen LogP contribution is 2.30. The van der Waals surface area contributed by atoms with Crippen molar-refractivity contribution in [3.63, 3.8) is 0 Å². The normalized spacial score (nSPS) is 17.3. The Kier molecular flexibility index (Phi) is 5.09. The van der Waals surface area contributed by atoms with Gasteiger partial charge in [0.25, 0.3) is 0 Å². The summed E-state index contributed by atoms with van der Waals surface area (Å²) in [6.07, 6.45) is 4.73. The first-order valence-electron chi connectivity index (χ1n) is 6.32. The van der Waals surface area contributed by atoms with Crippen molar-refractivity contribution < 1.29 is 8.42 Å². The van der Waals surface area contributed by atoms with Crippen LogP contribution in [0, 0.1) is 5.92 Å². The lowest BCUT2D eigenvalue weighted by molar-refractivity contribution is 0.387. The van der Waals surface area contributed by atoms with Crippen molar-refractivity contribution >= 4 is 41.9 Å². The van der Waals surface area contributed by atoms with Crippen molar-refractivity contribution in [1.82, 2.24) is 4.31 Å². The second kappa shape index (κ2) is 6.24. The molecule has 0 atom stereocenters. The quantitative estimate of drug-likeness (QED) is 0.751. The molecule has 0 aromatic heterocycles. The molecule has 2 rings (SSSR count). The highest BCUT2D eigenvalue weighted by atomic mass is 79.9. The SMILES string of the molecule is CN(CC1CCCC1)S(=O)(=O)c1ccc(Br)cc1Br. The second-order valence-corrected chi connectivity index (χ2v) is 8.79. The molecule has 0 N–H and O–H groups in total. The third-order valence-electron chi connectivity index (χ3n) is 3.57. The molecule has 0 saturated heterocycles. The molecule has 0 unspecified atom stereocenters. The smallest absolute Gasteiger partial charge is 0.207 e. The molecule has 0 radical (unpaired) electrons. The molecule has 106 valence electrons. The Morgan fingerprint density at radius 2 is 1.89 bits per heavy atom. The zero-order valence-electron chi connectivity index (χ0n) is 10.8. The van der Waals surface area contributed by atoms with E-state index in [4.69, 9.17) is 0 Å². The Morgan fingerprint density at radius 3 is 2.47 bits per heavy atom. The van der Waals surface area contributed by atoms with Gasteiger partial charge < -0.3 is 0 Å². The van der Waals surface area contributed by atoms with Gasteiger partial charge in [0.05, 0.1) is 4.90 Å². The first-order valence-corrected chi connectivity index (χ1v) is 9.35. The molecule has 0 aliphatic heterocycles. The first kappa shape index (κ1) is 15.5. The van der Waals surface area contributed by atoms with Crippen molar-refractivity contribution in [3.8, 4) is 0 Å². The molecule has 19 heavy (non-hydrogen) atoms. The fourth-order valence-electron chi connectivity index (χ4n) is 2.51. The summed E-state index contributed by atoms with van der Waals surface area (Å²) in [6.45, 7) is 0.616. The van der Waals surface area contributed by atoms with Crippen LogP contribution in [-0.4, -0.2) is 26.3 Å². The third kappa shape index (κ3) is 3.60. The number of benzene rings is 1. The summed E-state index contributed by atoms with van der Waals surface area (Å²) < 4.78 is 28.0. The van der Waals surface area contributed by atoms with Crippen molar-refractivity contribution in [2.75, 3.05) is 13.6 Å². The van der Waals surface area contributed by atoms with Gasteiger partial charge in [-0.25, -0.2) is 12.7 Å². The van der Waals surface area contributed by atoms with Crippen LogP contribution >= 0.6 is 31.9 Å². The van der Waals surface area contributed by atoms with E-state index < -0.39 is 10.0 Å². The molecule has 1 aliphatic rings. The number of rotatable bonds is 4. The van der Waals surface area contributed by atoms with Crippen LogP contribution in [0.4, 0.5) is 0 Å². The van der Waals surface area contributed by atoms with E-state index in [9.17, 15) is 8.42 Å². The number of hydrogen-bond donors (Lipinski definition) is 0. The number of nitrogens with zero attached hydrogens (tertiary/aromatic N) is 1. The summed E-state index contributed by atoms with van der Waals surface area (Å²) in [6, 6.07) is 5.14. The summed E-state index contributed by atoms with van der Waals surface area (Å²) in [5.74, 6) is 0.508. The minimum Gasteiger partial charge on any atom is -0.207 e. The van der Waals surface area contributed by atoms with Gasteiger partial charge in [0.1, 0.15) is 0 Å². The van der Waals surface area contributed by atoms with Gasteiger partial charge in [-0.1, -0.05) is 28.8 Å². The molecule has 0 amide bonds. The maximum atomic E-state index is 12.5. The first-order chi connectivity index (χ1) is 8.91. The van der Waals surface area contributed by atoms with Crippen LogP contribution in [0.25, 0.3) is 0 Å². The molecule has 1 aromatic rings. The van der Waals surface area contributed by atoms with Gasteiger partial charge in [-0.2, -0.15) is 0 Å². The van der Waals surface area contributed by atoms with Gasteiger partial charge in [-0.15, -0.1) is 0 Å². The zero-order valence-corrected chi connectivity index (χ0v) is 14.8. The van der Waals surface area contributed by atoms with Gasteiger partial charge in [-0.3, -0.25) is 0 Å². The van der Waals surface area contributed by atoms with E-state index >= 15 is 0 Å². The minimum absolute atomic E-state index is 0.330. The monoisotopic (exact) mass is 409 g/mol. The number of sulfonamides is 1. The maximum Gasteiger partial charge on any atom is 0.243 e. The molecule has 6 heteroatoms. The van der Waals surface area contributed by atoms with Crippen LogP contribution in [0.2, 0.25) is 0 Å². The summed E-state index contributed by atoms with van der Waals surface area (Å²) in [4.78, 5) is 0.330. The van der Waals surface area contributed by atoms with Crippen molar-refractivity contribution in [2.24, 2.45) is 5.92 Å². The van der Waals surface area contributed by atoms with Crippen LogP contribution in [-0.2, 0) is 10.0 Å². The Morgan fingerprint density at radius 1 is 1.26 bits per heavy atom. The average molecular weight is 411 g/mol. The summed E-state index contributed by atoms with van der Waals surface area (Å²) in [7, 11) is -1.74. The van der Waals surface area contributed by atoms with E-state index in [1.54, 1.807) is 25.2 Å².